The highest BCUT2D eigenvalue weighted by Gasteiger charge is 2.32. The molecule has 0 aliphatic carbocycles. The molecule has 1 N–H and O–H groups in total. The van der Waals surface area contributed by atoms with Gasteiger partial charge in [0.05, 0.1) is 5.56 Å². The molecule has 4 rings (SSSR count). The number of amides is 2. The standard InChI is InChI=1S/C21H24FN3O4S3/c22-17-4-2-1-3-16(17)21(27)24-8-5-15(6-9-24)23-20(26)19-18(7-12-31-19)32(28,29)25-10-13-30-14-11-25/h1-4,7,12,15H,5-6,8-11,13-14H2,(H,23,26). The second kappa shape index (κ2) is 9.90. The molecule has 2 fully saturated rings. The van der Waals surface area contributed by atoms with Crippen molar-refractivity contribution in [3.63, 3.8) is 0 Å². The molecular weight excluding hydrogens is 473 g/mol. The molecule has 172 valence electrons. The molecule has 11 heteroatoms. The summed E-state index contributed by atoms with van der Waals surface area (Å²) < 4.78 is 41.4. The Morgan fingerprint density at radius 2 is 1.72 bits per heavy atom. The summed E-state index contributed by atoms with van der Waals surface area (Å²) in [6.07, 6.45) is 1.03. The Morgan fingerprint density at radius 3 is 2.41 bits per heavy atom. The molecule has 2 amide bonds. The van der Waals surface area contributed by atoms with Crippen LogP contribution in [0.25, 0.3) is 0 Å². The fourth-order valence-electron chi connectivity index (χ4n) is 3.88. The van der Waals surface area contributed by atoms with Crippen LogP contribution in [0, 0.1) is 5.82 Å². The van der Waals surface area contributed by atoms with Gasteiger partial charge in [-0.3, -0.25) is 9.59 Å². The molecule has 2 aromatic rings. The zero-order valence-corrected chi connectivity index (χ0v) is 19.8. The maximum atomic E-state index is 13.9. The Morgan fingerprint density at radius 1 is 1.03 bits per heavy atom. The first-order valence-electron chi connectivity index (χ1n) is 10.4. The zero-order chi connectivity index (χ0) is 22.7. The summed E-state index contributed by atoms with van der Waals surface area (Å²) in [7, 11) is -3.71. The lowest BCUT2D eigenvalue weighted by atomic mass is 10.0. The highest BCUT2D eigenvalue weighted by atomic mass is 32.2. The molecule has 0 saturated carbocycles. The maximum Gasteiger partial charge on any atom is 0.262 e. The van der Waals surface area contributed by atoms with Crippen LogP contribution in [-0.4, -0.2) is 73.2 Å². The van der Waals surface area contributed by atoms with Crippen LogP contribution in [0.3, 0.4) is 0 Å². The number of nitrogens with zero attached hydrogens (tertiary/aromatic N) is 2. The van der Waals surface area contributed by atoms with Gasteiger partial charge in [-0.05, 0) is 36.4 Å². The van der Waals surface area contributed by atoms with E-state index in [-0.39, 0.29) is 27.3 Å². The van der Waals surface area contributed by atoms with Crippen molar-refractivity contribution in [1.29, 1.82) is 0 Å². The van der Waals surface area contributed by atoms with E-state index in [9.17, 15) is 22.4 Å². The largest absolute Gasteiger partial charge is 0.348 e. The number of hydrogen-bond donors (Lipinski definition) is 1. The fourth-order valence-corrected chi connectivity index (χ4v) is 7.75. The Hall–Kier alpha value is -1.95. The summed E-state index contributed by atoms with van der Waals surface area (Å²) in [6.45, 7) is 1.66. The minimum absolute atomic E-state index is 0.0412. The van der Waals surface area contributed by atoms with Crippen molar-refractivity contribution in [2.24, 2.45) is 0 Å². The van der Waals surface area contributed by atoms with E-state index in [0.29, 0.717) is 39.0 Å². The molecule has 1 aromatic heterocycles. The lowest BCUT2D eigenvalue weighted by Gasteiger charge is -2.32. The van der Waals surface area contributed by atoms with Gasteiger partial charge >= 0.3 is 0 Å². The van der Waals surface area contributed by atoms with Crippen LogP contribution < -0.4 is 5.32 Å². The van der Waals surface area contributed by atoms with Crippen molar-refractivity contribution in [3.8, 4) is 0 Å². The van der Waals surface area contributed by atoms with Gasteiger partial charge in [-0.2, -0.15) is 16.1 Å². The van der Waals surface area contributed by atoms with E-state index in [1.54, 1.807) is 28.1 Å². The number of hydrogen-bond acceptors (Lipinski definition) is 6. The minimum atomic E-state index is -3.71. The van der Waals surface area contributed by atoms with Gasteiger partial charge in [-0.15, -0.1) is 11.3 Å². The average Bonchev–Trinajstić information content (AvgIpc) is 3.31. The van der Waals surface area contributed by atoms with E-state index < -0.39 is 21.7 Å². The number of halogens is 1. The Bertz CT molecular complexity index is 1090. The molecule has 7 nitrogen and oxygen atoms in total. The van der Waals surface area contributed by atoms with Crippen LogP contribution in [-0.2, 0) is 10.0 Å². The summed E-state index contributed by atoms with van der Waals surface area (Å²) in [5, 5.41) is 4.54. The number of nitrogens with one attached hydrogen (secondary N) is 1. The number of benzene rings is 1. The van der Waals surface area contributed by atoms with E-state index in [2.05, 4.69) is 5.32 Å². The minimum Gasteiger partial charge on any atom is -0.348 e. The molecule has 3 heterocycles. The summed E-state index contributed by atoms with van der Waals surface area (Å²) >= 11 is 2.83. The van der Waals surface area contributed by atoms with E-state index in [1.165, 1.54) is 28.6 Å². The smallest absolute Gasteiger partial charge is 0.262 e. The predicted octanol–water partition coefficient (Wildman–Crippen LogP) is 2.66. The van der Waals surface area contributed by atoms with E-state index in [1.807, 2.05) is 0 Å². The Labute approximate surface area is 195 Å². The van der Waals surface area contributed by atoms with Crippen molar-refractivity contribution in [2.75, 3.05) is 37.7 Å². The van der Waals surface area contributed by atoms with E-state index >= 15 is 0 Å². The lowest BCUT2D eigenvalue weighted by molar-refractivity contribution is 0.0693. The first-order valence-corrected chi connectivity index (χ1v) is 13.9. The van der Waals surface area contributed by atoms with Gasteiger partial charge in [0, 0.05) is 43.7 Å². The highest BCUT2D eigenvalue weighted by Crippen LogP contribution is 2.27. The first-order chi connectivity index (χ1) is 15.4. The highest BCUT2D eigenvalue weighted by molar-refractivity contribution is 7.99. The van der Waals surface area contributed by atoms with Gasteiger partial charge in [0.1, 0.15) is 15.6 Å². The molecule has 0 bridgehead atoms. The van der Waals surface area contributed by atoms with Gasteiger partial charge < -0.3 is 10.2 Å². The van der Waals surface area contributed by atoms with Crippen LogP contribution in [0.2, 0.25) is 0 Å². The van der Waals surface area contributed by atoms with Crippen molar-refractivity contribution in [2.45, 2.75) is 23.8 Å². The summed E-state index contributed by atoms with van der Waals surface area (Å²) in [5.74, 6) is 0.166. The molecule has 0 radical (unpaired) electrons. The molecule has 2 aliphatic rings. The summed E-state index contributed by atoms with van der Waals surface area (Å²) in [5.41, 5.74) is 0.0412. The van der Waals surface area contributed by atoms with Crippen LogP contribution in [0.15, 0.2) is 40.6 Å². The van der Waals surface area contributed by atoms with Crippen molar-refractivity contribution in [3.05, 3.63) is 52.0 Å². The third kappa shape index (κ3) is 4.85. The van der Waals surface area contributed by atoms with Gasteiger partial charge in [0.2, 0.25) is 10.0 Å². The number of rotatable bonds is 5. The molecule has 32 heavy (non-hydrogen) atoms. The normalized spacial score (nSPS) is 18.5. The number of likely N-dealkylation sites (tertiary alicyclic amines) is 1. The number of thiophene rings is 1. The Kier molecular flexibility index (Phi) is 7.18. The molecule has 2 saturated heterocycles. The number of piperidine rings is 1. The van der Waals surface area contributed by atoms with Gasteiger partial charge in [-0.25, -0.2) is 12.8 Å². The molecule has 2 aliphatic heterocycles. The van der Waals surface area contributed by atoms with Gasteiger partial charge in [0.15, 0.2) is 0 Å². The second-order valence-electron chi connectivity index (χ2n) is 7.65. The zero-order valence-electron chi connectivity index (χ0n) is 17.3. The Balaban J connectivity index is 1.38. The van der Waals surface area contributed by atoms with Crippen LogP contribution in [0.1, 0.15) is 32.9 Å². The molecule has 1 aromatic carbocycles. The number of carbonyl (C=O) groups is 2. The van der Waals surface area contributed by atoms with E-state index in [0.717, 1.165) is 22.8 Å². The second-order valence-corrected chi connectivity index (χ2v) is 11.7. The van der Waals surface area contributed by atoms with Gasteiger partial charge in [-0.1, -0.05) is 12.1 Å². The molecular formula is C21H24FN3O4S3. The monoisotopic (exact) mass is 497 g/mol. The predicted molar refractivity (Wildman–Crippen MR) is 123 cm³/mol. The quantitative estimate of drug-likeness (QED) is 0.686. The summed E-state index contributed by atoms with van der Waals surface area (Å²) in [6, 6.07) is 7.19. The maximum absolute atomic E-state index is 13.9. The van der Waals surface area contributed by atoms with Gasteiger partial charge in [0.25, 0.3) is 11.8 Å². The van der Waals surface area contributed by atoms with Crippen LogP contribution >= 0.6 is 23.1 Å². The lowest BCUT2D eigenvalue weighted by Crippen LogP contribution is -2.47. The third-order valence-corrected chi connectivity index (χ3v) is 9.57. The third-order valence-electron chi connectivity index (χ3n) is 5.64. The number of carbonyl (C=O) groups excluding carboxylic acids is 2. The van der Waals surface area contributed by atoms with Crippen molar-refractivity contribution in [1.82, 2.24) is 14.5 Å². The fraction of sp³-hybridized carbons (Fsp3) is 0.429. The van der Waals surface area contributed by atoms with Crippen molar-refractivity contribution < 1.29 is 22.4 Å². The molecule has 0 unspecified atom stereocenters. The number of thioether (sulfide) groups is 1. The van der Waals surface area contributed by atoms with E-state index in [4.69, 9.17) is 0 Å². The summed E-state index contributed by atoms with van der Waals surface area (Å²) in [4.78, 5) is 27.3. The SMILES string of the molecule is O=C(NC1CCN(C(=O)c2ccccc2F)CC1)c1sccc1S(=O)(=O)N1CCSCC1. The topological polar surface area (TPSA) is 86.8 Å². The number of sulfonamides is 1. The average molecular weight is 498 g/mol. The first kappa shape index (κ1) is 23.2. The van der Waals surface area contributed by atoms with Crippen LogP contribution in [0.5, 0.6) is 0 Å². The van der Waals surface area contributed by atoms with Crippen LogP contribution in [0.4, 0.5) is 4.39 Å². The van der Waals surface area contributed by atoms with Crippen molar-refractivity contribution >= 4 is 44.9 Å². The molecule has 0 spiro atoms. The molecule has 0 atom stereocenters.